The molecule has 10 nitrogen and oxygen atoms in total. The van der Waals surface area contributed by atoms with Gasteiger partial charge in [-0.15, -0.1) is 0 Å². The Labute approximate surface area is 269 Å². The summed E-state index contributed by atoms with van der Waals surface area (Å²) in [4.78, 5) is 30.1. The van der Waals surface area contributed by atoms with E-state index in [0.29, 0.717) is 58.1 Å². The van der Waals surface area contributed by atoms with Crippen LogP contribution in [-0.2, 0) is 13.5 Å². The van der Waals surface area contributed by atoms with Gasteiger partial charge in [-0.05, 0) is 86.1 Å². The Kier molecular flexibility index (Phi) is 5.29. The number of hydrogen-bond acceptors (Lipinski definition) is 7. The van der Waals surface area contributed by atoms with Crippen LogP contribution in [0.3, 0.4) is 0 Å². The van der Waals surface area contributed by atoms with Crippen molar-refractivity contribution in [2.45, 2.75) is 44.3 Å². The highest BCUT2D eigenvalue weighted by Gasteiger charge is 2.47. The maximum Gasteiger partial charge on any atom is 0.254 e. The van der Waals surface area contributed by atoms with E-state index in [-0.39, 0.29) is 35.3 Å². The standard InChI is InChI=1S/C36H35N7O3/c1-41-33-27(14-23(16-31(33)46-2)36(45)43-18-22-7-10-28(43)32(22)37)40-35(41)29-15-21-6-9-25(39-34(21)42(29)17-19-3-4-19)20-5-8-24-26(13-20)38-12-11-30(24)44/h5-6,8-9,11-16,19,22,28,32H,3-4,7,10,17-18,37H2,1-2H3,(H,38,44)/t22?,28?,32-/m1/s1/i1D3. The predicted molar refractivity (Wildman–Crippen MR) is 177 cm³/mol. The SMILES string of the molecule is [2H]C([2H])([2H])n1c(-c2cc3ccc(-c4ccc5c(O)ccnc5c4)nc3n2CC2CC2)nc2cc(C(=O)N3CC4CCC3[C@@H]4N)cc(OC)c21. The van der Waals surface area contributed by atoms with Crippen molar-refractivity contribution in [2.24, 2.45) is 24.5 Å². The second kappa shape index (κ2) is 10.0. The van der Waals surface area contributed by atoms with Crippen LogP contribution in [0.4, 0.5) is 0 Å². The fraction of sp³-hybridized carbons (Fsp3) is 0.333. The summed E-state index contributed by atoms with van der Waals surface area (Å²) in [5.74, 6) is 1.29. The number of imidazole rings is 1. The van der Waals surface area contributed by atoms with Crippen molar-refractivity contribution in [3.63, 3.8) is 0 Å². The van der Waals surface area contributed by atoms with Gasteiger partial charge in [0.05, 0.1) is 29.5 Å². The lowest BCUT2D eigenvalue weighted by Gasteiger charge is -2.27. The molecule has 232 valence electrons. The third kappa shape index (κ3) is 4.12. The van der Waals surface area contributed by atoms with Crippen molar-refractivity contribution in [1.29, 1.82) is 0 Å². The van der Waals surface area contributed by atoms with Gasteiger partial charge in [0.25, 0.3) is 5.91 Å². The molecule has 3 atom stereocenters. The lowest BCUT2D eigenvalue weighted by Crippen LogP contribution is -2.41. The molecule has 2 bridgehead atoms. The summed E-state index contributed by atoms with van der Waals surface area (Å²) in [6, 6.07) is 16.4. The van der Waals surface area contributed by atoms with E-state index in [9.17, 15) is 9.90 Å². The monoisotopic (exact) mass is 616 g/mol. The third-order valence-electron chi connectivity index (χ3n) is 10.2. The minimum absolute atomic E-state index is 0.00299. The quantitative estimate of drug-likeness (QED) is 0.254. The smallest absolute Gasteiger partial charge is 0.254 e. The van der Waals surface area contributed by atoms with Crippen LogP contribution in [0.5, 0.6) is 11.5 Å². The van der Waals surface area contributed by atoms with Gasteiger partial charge in [0.1, 0.15) is 22.7 Å². The first-order valence-corrected chi connectivity index (χ1v) is 15.9. The number of amides is 1. The van der Waals surface area contributed by atoms with Crippen LogP contribution in [0, 0.1) is 11.8 Å². The Morgan fingerprint density at radius 2 is 1.96 bits per heavy atom. The summed E-state index contributed by atoms with van der Waals surface area (Å²) in [5.41, 5.74) is 11.1. The zero-order valence-electron chi connectivity index (χ0n) is 28.3. The topological polar surface area (TPSA) is 124 Å². The summed E-state index contributed by atoms with van der Waals surface area (Å²) >= 11 is 0. The number of aromatic hydroxyl groups is 1. The van der Waals surface area contributed by atoms with Gasteiger partial charge in [0.15, 0.2) is 5.82 Å². The van der Waals surface area contributed by atoms with Gasteiger partial charge in [-0.1, -0.05) is 6.07 Å². The highest BCUT2D eigenvalue weighted by atomic mass is 16.5. The molecule has 4 aromatic heterocycles. The number of pyridine rings is 2. The average molecular weight is 617 g/mol. The fourth-order valence-electron chi connectivity index (χ4n) is 7.58. The van der Waals surface area contributed by atoms with Gasteiger partial charge >= 0.3 is 0 Å². The summed E-state index contributed by atoms with van der Waals surface area (Å²) in [6.45, 7) is -1.33. The Balaban J connectivity index is 1.20. The summed E-state index contributed by atoms with van der Waals surface area (Å²) in [6.07, 6.45) is 5.64. The number of likely N-dealkylation sites (tertiary alicyclic amines) is 1. The summed E-state index contributed by atoms with van der Waals surface area (Å²) in [7, 11) is 1.48. The summed E-state index contributed by atoms with van der Waals surface area (Å²) in [5, 5.41) is 11.8. The molecule has 5 heterocycles. The molecule has 0 radical (unpaired) electrons. The minimum Gasteiger partial charge on any atom is -0.507 e. The molecule has 6 aromatic rings. The normalized spacial score (nSPS) is 22.1. The van der Waals surface area contributed by atoms with Crippen molar-refractivity contribution in [2.75, 3.05) is 13.7 Å². The van der Waals surface area contributed by atoms with Gasteiger partial charge in [-0.3, -0.25) is 9.78 Å². The van der Waals surface area contributed by atoms with E-state index in [2.05, 4.69) is 9.55 Å². The maximum absolute atomic E-state index is 13.8. The van der Waals surface area contributed by atoms with Crippen LogP contribution >= 0.6 is 0 Å². The van der Waals surface area contributed by atoms with Crippen LogP contribution in [-0.4, -0.2) is 65.7 Å². The Bertz CT molecular complexity index is 2330. The number of nitrogens with two attached hydrogens (primary N) is 1. The molecule has 0 spiro atoms. The number of hydrogen-bond donors (Lipinski definition) is 2. The molecule has 2 unspecified atom stereocenters. The molecule has 3 fully saturated rings. The number of nitrogens with zero attached hydrogens (tertiary/aromatic N) is 6. The van der Waals surface area contributed by atoms with E-state index in [4.69, 9.17) is 24.6 Å². The number of rotatable bonds is 6. The molecule has 2 saturated carbocycles. The lowest BCUT2D eigenvalue weighted by atomic mass is 10.1. The second-order valence-corrected chi connectivity index (χ2v) is 13.0. The molecular weight excluding hydrogens is 578 g/mol. The second-order valence-electron chi connectivity index (χ2n) is 13.0. The Morgan fingerprint density at radius 3 is 2.72 bits per heavy atom. The Hall–Kier alpha value is -4.96. The lowest BCUT2D eigenvalue weighted by molar-refractivity contribution is 0.0700. The largest absolute Gasteiger partial charge is 0.507 e. The number of methoxy groups -OCH3 is 1. The first-order valence-electron chi connectivity index (χ1n) is 17.4. The molecule has 1 aliphatic heterocycles. The van der Waals surface area contributed by atoms with Crippen molar-refractivity contribution in [3.8, 4) is 34.3 Å². The summed E-state index contributed by atoms with van der Waals surface area (Å²) < 4.78 is 35.0. The van der Waals surface area contributed by atoms with Gasteiger partial charge in [-0.2, -0.15) is 0 Å². The molecule has 2 aromatic carbocycles. The van der Waals surface area contributed by atoms with Gasteiger partial charge in [0, 0.05) is 64.4 Å². The van der Waals surface area contributed by atoms with Gasteiger partial charge < -0.3 is 29.6 Å². The van der Waals surface area contributed by atoms with E-state index < -0.39 is 6.98 Å². The number of aryl methyl sites for hydroxylation is 1. The zero-order valence-corrected chi connectivity index (χ0v) is 25.3. The van der Waals surface area contributed by atoms with E-state index in [1.54, 1.807) is 24.4 Å². The number of carbonyl (C=O) groups excluding carboxylic acids is 1. The van der Waals surface area contributed by atoms with Gasteiger partial charge in [-0.25, -0.2) is 9.97 Å². The van der Waals surface area contributed by atoms with Crippen molar-refractivity contribution >= 4 is 38.9 Å². The first-order chi connectivity index (χ1) is 23.6. The number of ether oxygens (including phenoxy) is 1. The number of carbonyl (C=O) groups is 1. The predicted octanol–water partition coefficient (Wildman–Crippen LogP) is 5.49. The number of aromatic nitrogens is 5. The number of benzene rings is 2. The van der Waals surface area contributed by atoms with Crippen LogP contribution in [0.25, 0.3) is 55.7 Å². The molecule has 1 amide bonds. The van der Waals surface area contributed by atoms with Crippen molar-refractivity contribution in [3.05, 3.63) is 66.4 Å². The highest BCUT2D eigenvalue weighted by Crippen LogP contribution is 2.40. The number of fused-ring (bicyclic) bond motifs is 5. The number of piperidine rings is 1. The first kappa shape index (κ1) is 24.3. The maximum atomic E-state index is 13.8. The van der Waals surface area contributed by atoms with E-state index >= 15 is 0 Å². The average Bonchev–Trinajstić information content (AvgIpc) is 3.41. The molecule has 2 aliphatic carbocycles. The van der Waals surface area contributed by atoms with E-state index in [1.165, 1.54) is 11.7 Å². The van der Waals surface area contributed by atoms with Gasteiger partial charge in [0.2, 0.25) is 0 Å². The van der Waals surface area contributed by atoms with E-state index in [1.807, 2.05) is 41.3 Å². The molecule has 10 heteroatoms. The fourth-order valence-corrected chi connectivity index (χ4v) is 7.58. The Morgan fingerprint density at radius 1 is 1.07 bits per heavy atom. The molecule has 46 heavy (non-hydrogen) atoms. The molecule has 1 saturated heterocycles. The van der Waals surface area contributed by atoms with Crippen LogP contribution in [0.2, 0.25) is 0 Å². The molecule has 3 aliphatic rings. The minimum atomic E-state index is -2.60. The molecule has 3 N–H and O–H groups in total. The van der Waals surface area contributed by atoms with Crippen LogP contribution in [0.15, 0.2) is 60.8 Å². The van der Waals surface area contributed by atoms with Crippen molar-refractivity contribution in [1.82, 2.24) is 29.0 Å². The van der Waals surface area contributed by atoms with Crippen LogP contribution < -0.4 is 10.5 Å². The molecular formula is C36H35N7O3. The third-order valence-corrected chi connectivity index (χ3v) is 10.2. The van der Waals surface area contributed by atoms with Crippen LogP contribution in [0.1, 0.15) is 40.2 Å². The highest BCUT2D eigenvalue weighted by molar-refractivity contribution is 6.00. The molecule has 9 rings (SSSR count). The van der Waals surface area contributed by atoms with Crippen molar-refractivity contribution < 1.29 is 18.8 Å². The van der Waals surface area contributed by atoms with E-state index in [0.717, 1.165) is 48.0 Å². The zero-order chi connectivity index (χ0) is 33.8.